The Morgan fingerprint density at radius 2 is 1.43 bits per heavy atom. The van der Waals surface area contributed by atoms with E-state index >= 15 is 0 Å². The van der Waals surface area contributed by atoms with E-state index in [2.05, 4.69) is 19.1 Å². The highest BCUT2D eigenvalue weighted by Gasteiger charge is 2.00. The van der Waals surface area contributed by atoms with Gasteiger partial charge >= 0.3 is 0 Å². The molecule has 0 spiro atoms. The third-order valence-electron chi connectivity index (χ3n) is 4.04. The molecule has 1 unspecified atom stereocenters. The first-order valence-corrected chi connectivity index (χ1v) is 9.34. The molecule has 0 aromatic carbocycles. The van der Waals surface area contributed by atoms with Crippen LogP contribution >= 0.6 is 0 Å². The van der Waals surface area contributed by atoms with Crippen LogP contribution < -0.4 is 5.73 Å². The van der Waals surface area contributed by atoms with Gasteiger partial charge in [0.25, 0.3) is 0 Å². The van der Waals surface area contributed by atoms with Crippen molar-refractivity contribution in [3.05, 3.63) is 12.2 Å². The van der Waals surface area contributed by atoms with Gasteiger partial charge in [-0.1, -0.05) is 76.9 Å². The number of aliphatic hydroxyl groups is 1. The Hall–Kier alpha value is -0.340. The first-order chi connectivity index (χ1) is 10.3. The van der Waals surface area contributed by atoms with Crippen LogP contribution in [-0.4, -0.2) is 17.8 Å². The predicted molar refractivity (Wildman–Crippen MR) is 94.5 cm³/mol. The summed E-state index contributed by atoms with van der Waals surface area (Å²) in [5.41, 5.74) is 5.47. The molecule has 0 aliphatic rings. The third-order valence-corrected chi connectivity index (χ3v) is 4.04. The number of allylic oxidation sites excluding steroid dienone is 1. The summed E-state index contributed by atoms with van der Waals surface area (Å²) in [6.45, 7) is 3.06. The van der Waals surface area contributed by atoms with Crippen molar-refractivity contribution < 1.29 is 5.11 Å². The first-order valence-electron chi connectivity index (χ1n) is 9.34. The lowest BCUT2D eigenvalue weighted by atomic mass is 10.1. The van der Waals surface area contributed by atoms with Crippen molar-refractivity contribution in [2.45, 2.75) is 103 Å². The van der Waals surface area contributed by atoms with Gasteiger partial charge in [-0.2, -0.15) is 0 Å². The SMILES string of the molecule is CCCCCCC(O)C/C=C\CCCCCCCCCN. The molecule has 0 saturated carbocycles. The second-order valence-electron chi connectivity index (χ2n) is 6.26. The highest BCUT2D eigenvalue weighted by Crippen LogP contribution is 2.10. The van der Waals surface area contributed by atoms with Crippen LogP contribution in [0.4, 0.5) is 0 Å². The van der Waals surface area contributed by atoms with Crippen molar-refractivity contribution in [2.75, 3.05) is 6.54 Å². The normalized spacial score (nSPS) is 13.1. The topological polar surface area (TPSA) is 46.2 Å². The van der Waals surface area contributed by atoms with Gasteiger partial charge in [-0.25, -0.2) is 0 Å². The molecule has 0 saturated heterocycles. The van der Waals surface area contributed by atoms with Gasteiger partial charge in [-0.15, -0.1) is 0 Å². The highest BCUT2D eigenvalue weighted by atomic mass is 16.3. The van der Waals surface area contributed by atoms with Gasteiger partial charge < -0.3 is 10.8 Å². The zero-order valence-corrected chi connectivity index (χ0v) is 14.4. The summed E-state index contributed by atoms with van der Waals surface area (Å²) < 4.78 is 0. The zero-order chi connectivity index (χ0) is 15.6. The summed E-state index contributed by atoms with van der Waals surface area (Å²) in [6, 6.07) is 0. The van der Waals surface area contributed by atoms with Gasteiger partial charge in [0.05, 0.1) is 6.10 Å². The predicted octanol–water partition coefficient (Wildman–Crippen LogP) is 5.34. The largest absolute Gasteiger partial charge is 0.393 e. The molecule has 0 aromatic heterocycles. The van der Waals surface area contributed by atoms with Gasteiger partial charge in [0.1, 0.15) is 0 Å². The van der Waals surface area contributed by atoms with E-state index in [4.69, 9.17) is 5.73 Å². The monoisotopic (exact) mass is 297 g/mol. The Labute approximate surface area is 133 Å². The minimum Gasteiger partial charge on any atom is -0.393 e. The van der Waals surface area contributed by atoms with Crippen molar-refractivity contribution in [2.24, 2.45) is 5.73 Å². The molecule has 0 amide bonds. The van der Waals surface area contributed by atoms with E-state index in [-0.39, 0.29) is 6.10 Å². The van der Waals surface area contributed by atoms with Crippen LogP contribution in [0.1, 0.15) is 96.8 Å². The molecule has 2 nitrogen and oxygen atoms in total. The lowest BCUT2D eigenvalue weighted by Gasteiger charge is -2.07. The Bertz CT molecular complexity index is 216. The average molecular weight is 298 g/mol. The summed E-state index contributed by atoms with van der Waals surface area (Å²) >= 11 is 0. The van der Waals surface area contributed by atoms with Crippen molar-refractivity contribution in [3.8, 4) is 0 Å². The molecule has 2 heteroatoms. The number of hydrogen-bond donors (Lipinski definition) is 2. The minimum absolute atomic E-state index is 0.124. The van der Waals surface area contributed by atoms with E-state index in [9.17, 15) is 5.11 Å². The second-order valence-corrected chi connectivity index (χ2v) is 6.26. The van der Waals surface area contributed by atoms with Crippen molar-refractivity contribution in [3.63, 3.8) is 0 Å². The molecule has 0 aliphatic heterocycles. The Balaban J connectivity index is 3.20. The van der Waals surface area contributed by atoms with Gasteiger partial charge in [-0.05, 0) is 38.6 Å². The van der Waals surface area contributed by atoms with Gasteiger partial charge in [0, 0.05) is 0 Å². The number of nitrogens with two attached hydrogens (primary N) is 1. The minimum atomic E-state index is -0.124. The Morgan fingerprint density at radius 1 is 0.810 bits per heavy atom. The molecule has 0 rings (SSSR count). The second kappa shape index (κ2) is 17.7. The number of unbranched alkanes of at least 4 members (excludes halogenated alkanes) is 10. The van der Waals surface area contributed by atoms with Crippen molar-refractivity contribution >= 4 is 0 Å². The average Bonchev–Trinajstić information content (AvgIpc) is 2.49. The fourth-order valence-corrected chi connectivity index (χ4v) is 2.59. The molecular formula is C19H39NO. The van der Waals surface area contributed by atoms with Crippen molar-refractivity contribution in [1.82, 2.24) is 0 Å². The quantitative estimate of drug-likeness (QED) is 0.298. The smallest absolute Gasteiger partial charge is 0.0574 e. The fraction of sp³-hybridized carbons (Fsp3) is 0.895. The summed E-state index contributed by atoms with van der Waals surface area (Å²) in [5.74, 6) is 0. The van der Waals surface area contributed by atoms with E-state index in [1.165, 1.54) is 77.0 Å². The van der Waals surface area contributed by atoms with Crippen LogP contribution in [0.25, 0.3) is 0 Å². The Kier molecular flexibility index (Phi) is 17.4. The summed E-state index contributed by atoms with van der Waals surface area (Å²) in [6.07, 6.45) is 21.5. The van der Waals surface area contributed by atoms with Crippen LogP contribution in [0.15, 0.2) is 12.2 Å². The van der Waals surface area contributed by atoms with E-state index < -0.39 is 0 Å². The molecule has 0 aromatic rings. The van der Waals surface area contributed by atoms with Gasteiger partial charge in [0.15, 0.2) is 0 Å². The maximum absolute atomic E-state index is 9.83. The van der Waals surface area contributed by atoms with E-state index in [0.717, 1.165) is 19.4 Å². The van der Waals surface area contributed by atoms with E-state index in [1.807, 2.05) is 0 Å². The maximum atomic E-state index is 9.83. The van der Waals surface area contributed by atoms with Crippen LogP contribution in [-0.2, 0) is 0 Å². The zero-order valence-electron chi connectivity index (χ0n) is 14.4. The standard InChI is InChI=1S/C19H39NO/c1-2-3-4-13-16-19(21)17-14-11-9-7-5-6-8-10-12-15-18-20/h11,14,19,21H,2-10,12-13,15-18,20H2,1H3/b14-11-. The number of hydrogen-bond acceptors (Lipinski definition) is 2. The molecule has 3 N–H and O–H groups in total. The molecule has 0 radical (unpaired) electrons. The summed E-state index contributed by atoms with van der Waals surface area (Å²) in [7, 11) is 0. The first kappa shape index (κ1) is 20.7. The van der Waals surface area contributed by atoms with Crippen LogP contribution in [0.2, 0.25) is 0 Å². The van der Waals surface area contributed by atoms with Crippen LogP contribution in [0, 0.1) is 0 Å². The van der Waals surface area contributed by atoms with E-state index in [1.54, 1.807) is 0 Å². The third kappa shape index (κ3) is 17.6. The lowest BCUT2D eigenvalue weighted by Crippen LogP contribution is -2.04. The molecule has 0 aliphatic carbocycles. The molecule has 0 heterocycles. The highest BCUT2D eigenvalue weighted by molar-refractivity contribution is 4.83. The van der Waals surface area contributed by atoms with E-state index in [0.29, 0.717) is 0 Å². The number of aliphatic hydroxyl groups excluding tert-OH is 1. The molecule has 21 heavy (non-hydrogen) atoms. The van der Waals surface area contributed by atoms with Gasteiger partial charge in [-0.3, -0.25) is 0 Å². The summed E-state index contributed by atoms with van der Waals surface area (Å²) in [5, 5.41) is 9.83. The molecule has 1 atom stereocenters. The van der Waals surface area contributed by atoms with Crippen LogP contribution in [0.5, 0.6) is 0 Å². The molecule has 126 valence electrons. The van der Waals surface area contributed by atoms with Crippen molar-refractivity contribution in [1.29, 1.82) is 0 Å². The van der Waals surface area contributed by atoms with Crippen LogP contribution in [0.3, 0.4) is 0 Å². The molecular weight excluding hydrogens is 258 g/mol. The lowest BCUT2D eigenvalue weighted by molar-refractivity contribution is 0.163. The molecule has 0 bridgehead atoms. The Morgan fingerprint density at radius 3 is 2.10 bits per heavy atom. The molecule has 0 fully saturated rings. The fourth-order valence-electron chi connectivity index (χ4n) is 2.59. The number of rotatable bonds is 16. The maximum Gasteiger partial charge on any atom is 0.0574 e. The summed E-state index contributed by atoms with van der Waals surface area (Å²) in [4.78, 5) is 0. The van der Waals surface area contributed by atoms with Gasteiger partial charge in [0.2, 0.25) is 0 Å².